The van der Waals surface area contributed by atoms with Crippen LogP contribution in [-0.2, 0) is 6.54 Å². The molecular weight excluding hydrogens is 282 g/mol. The van der Waals surface area contributed by atoms with E-state index in [9.17, 15) is 9.59 Å². The van der Waals surface area contributed by atoms with E-state index < -0.39 is 6.04 Å². The summed E-state index contributed by atoms with van der Waals surface area (Å²) in [7, 11) is 0. The fourth-order valence-corrected chi connectivity index (χ4v) is 2.45. The summed E-state index contributed by atoms with van der Waals surface area (Å²) < 4.78 is 1.53. The third kappa shape index (κ3) is 2.15. The van der Waals surface area contributed by atoms with Gasteiger partial charge in [0.05, 0.1) is 36.2 Å². The highest BCUT2D eigenvalue weighted by atomic mass is 16.2. The third-order valence-corrected chi connectivity index (χ3v) is 3.59. The van der Waals surface area contributed by atoms with Crippen LogP contribution >= 0.6 is 0 Å². The number of benzene rings is 1. The van der Waals surface area contributed by atoms with Crippen molar-refractivity contribution in [1.29, 1.82) is 5.26 Å². The minimum atomic E-state index is -0.560. The zero-order chi connectivity index (χ0) is 15.7. The first-order valence-corrected chi connectivity index (χ1v) is 6.86. The van der Waals surface area contributed by atoms with E-state index in [1.54, 1.807) is 31.2 Å². The molecule has 0 fully saturated rings. The van der Waals surface area contributed by atoms with Crippen molar-refractivity contribution in [3.05, 3.63) is 47.5 Å². The molecule has 7 heteroatoms. The summed E-state index contributed by atoms with van der Waals surface area (Å²) in [5, 5.41) is 12.8. The Hall–Kier alpha value is -3.01. The smallest absolute Gasteiger partial charge is 0.262 e. The molecule has 1 aliphatic rings. The van der Waals surface area contributed by atoms with Gasteiger partial charge in [-0.1, -0.05) is 12.1 Å². The van der Waals surface area contributed by atoms with Gasteiger partial charge in [-0.15, -0.1) is 0 Å². The molecule has 1 unspecified atom stereocenters. The summed E-state index contributed by atoms with van der Waals surface area (Å²) in [5.41, 5.74) is 0.812. The maximum atomic E-state index is 12.4. The Morgan fingerprint density at radius 1 is 1.23 bits per heavy atom. The summed E-state index contributed by atoms with van der Waals surface area (Å²) in [6.07, 6.45) is 1.82. The van der Waals surface area contributed by atoms with Crippen molar-refractivity contribution in [3.8, 4) is 6.07 Å². The lowest BCUT2D eigenvalue weighted by atomic mass is 10.1. The fraction of sp³-hybridized carbons (Fsp3) is 0.267. The molecule has 2 aromatic rings. The van der Waals surface area contributed by atoms with Gasteiger partial charge in [0, 0.05) is 0 Å². The number of nitrogens with zero attached hydrogens (tertiary/aromatic N) is 5. The van der Waals surface area contributed by atoms with Crippen LogP contribution in [0.15, 0.2) is 30.6 Å². The predicted octanol–water partition coefficient (Wildman–Crippen LogP) is 1.55. The number of carbonyl (C=O) groups excluding carboxylic acids is 2. The highest BCUT2D eigenvalue weighted by molar-refractivity contribution is 6.21. The third-order valence-electron chi connectivity index (χ3n) is 3.59. The minimum absolute atomic E-state index is 0.324. The molecule has 22 heavy (non-hydrogen) atoms. The largest absolute Gasteiger partial charge is 0.269 e. The van der Waals surface area contributed by atoms with Crippen LogP contribution in [0.5, 0.6) is 0 Å². The topological polar surface area (TPSA) is 91.9 Å². The van der Waals surface area contributed by atoms with Crippen LogP contribution in [0.1, 0.15) is 45.9 Å². The van der Waals surface area contributed by atoms with Crippen molar-refractivity contribution in [2.75, 3.05) is 0 Å². The molecule has 0 radical (unpaired) electrons. The first-order valence-electron chi connectivity index (χ1n) is 6.86. The van der Waals surface area contributed by atoms with Gasteiger partial charge in [0.1, 0.15) is 6.33 Å². The highest BCUT2D eigenvalue weighted by Gasteiger charge is 2.39. The SMILES string of the molecule is CC(c1ncn(CCC#N)n1)N1C(=O)c2ccccc2C1=O. The van der Waals surface area contributed by atoms with E-state index in [4.69, 9.17) is 5.26 Å². The summed E-state index contributed by atoms with van der Waals surface area (Å²) >= 11 is 0. The quantitative estimate of drug-likeness (QED) is 0.798. The highest BCUT2D eigenvalue weighted by Crippen LogP contribution is 2.29. The van der Waals surface area contributed by atoms with E-state index in [0.717, 1.165) is 0 Å². The van der Waals surface area contributed by atoms with Gasteiger partial charge in [-0.3, -0.25) is 19.2 Å². The van der Waals surface area contributed by atoms with Gasteiger partial charge >= 0.3 is 0 Å². The molecule has 7 nitrogen and oxygen atoms in total. The second kappa shape index (κ2) is 5.41. The Labute approximate surface area is 126 Å². The van der Waals surface area contributed by atoms with Crippen LogP contribution < -0.4 is 0 Å². The molecule has 0 N–H and O–H groups in total. The maximum Gasteiger partial charge on any atom is 0.262 e. The monoisotopic (exact) mass is 295 g/mol. The number of rotatable bonds is 4. The number of aromatic nitrogens is 3. The molecular formula is C15H13N5O2. The molecule has 1 aromatic heterocycles. The van der Waals surface area contributed by atoms with Gasteiger partial charge in [-0.25, -0.2) is 4.98 Å². The van der Waals surface area contributed by atoms with E-state index >= 15 is 0 Å². The minimum Gasteiger partial charge on any atom is -0.269 e. The van der Waals surface area contributed by atoms with Gasteiger partial charge in [-0.05, 0) is 19.1 Å². The van der Waals surface area contributed by atoms with Crippen LogP contribution in [0.25, 0.3) is 0 Å². The molecule has 0 bridgehead atoms. The molecule has 0 aliphatic carbocycles. The van der Waals surface area contributed by atoms with E-state index in [-0.39, 0.29) is 11.8 Å². The van der Waals surface area contributed by atoms with Gasteiger partial charge in [0.2, 0.25) is 0 Å². The number of fused-ring (bicyclic) bond motifs is 1. The molecule has 1 aromatic carbocycles. The van der Waals surface area contributed by atoms with Crippen molar-refractivity contribution in [2.45, 2.75) is 25.9 Å². The Balaban J connectivity index is 1.86. The average molecular weight is 295 g/mol. The van der Waals surface area contributed by atoms with Crippen LogP contribution in [-0.4, -0.2) is 31.5 Å². The van der Waals surface area contributed by atoms with E-state index in [0.29, 0.717) is 29.9 Å². The lowest BCUT2D eigenvalue weighted by molar-refractivity contribution is 0.0588. The van der Waals surface area contributed by atoms with Gasteiger partial charge < -0.3 is 0 Å². The normalized spacial score (nSPS) is 14.8. The number of carbonyl (C=O) groups is 2. The molecule has 2 heterocycles. The molecule has 0 spiro atoms. The second-order valence-electron chi connectivity index (χ2n) is 4.98. The van der Waals surface area contributed by atoms with Crippen molar-refractivity contribution in [3.63, 3.8) is 0 Å². The summed E-state index contributed by atoms with van der Waals surface area (Å²) in [6, 6.07) is 8.21. The second-order valence-corrected chi connectivity index (χ2v) is 4.98. The van der Waals surface area contributed by atoms with Crippen LogP contribution in [0.3, 0.4) is 0 Å². The van der Waals surface area contributed by atoms with Crippen LogP contribution in [0.2, 0.25) is 0 Å². The number of hydrogen-bond donors (Lipinski definition) is 0. The fourth-order valence-electron chi connectivity index (χ4n) is 2.45. The molecule has 1 atom stereocenters. The lowest BCUT2D eigenvalue weighted by Gasteiger charge is -2.19. The maximum absolute atomic E-state index is 12.4. The molecule has 0 saturated heterocycles. The molecule has 3 rings (SSSR count). The van der Waals surface area contributed by atoms with Crippen molar-refractivity contribution in [2.24, 2.45) is 0 Å². The summed E-state index contributed by atoms with van der Waals surface area (Å²) in [4.78, 5) is 30.1. The Kier molecular flexibility index (Phi) is 3.43. The first kappa shape index (κ1) is 13.9. The molecule has 0 saturated carbocycles. The Morgan fingerprint density at radius 2 is 1.86 bits per heavy atom. The zero-order valence-corrected chi connectivity index (χ0v) is 11.9. The summed E-state index contributed by atoms with van der Waals surface area (Å²) in [5.74, 6) is -0.282. The lowest BCUT2D eigenvalue weighted by Crippen LogP contribution is -2.33. The zero-order valence-electron chi connectivity index (χ0n) is 11.9. The molecule has 110 valence electrons. The number of hydrogen-bond acceptors (Lipinski definition) is 5. The Morgan fingerprint density at radius 3 is 2.45 bits per heavy atom. The van der Waals surface area contributed by atoms with Crippen molar-refractivity contribution >= 4 is 11.8 Å². The Bertz CT molecular complexity index is 754. The molecule has 2 amide bonds. The standard InChI is InChI=1S/C15H13N5O2/c1-10(13-17-9-19(18-13)8-4-7-16)20-14(21)11-5-2-3-6-12(11)15(20)22/h2-3,5-6,9-10H,4,8H2,1H3. The predicted molar refractivity (Wildman–Crippen MR) is 75.6 cm³/mol. The van der Waals surface area contributed by atoms with Gasteiger partial charge in [0.25, 0.3) is 11.8 Å². The van der Waals surface area contributed by atoms with Crippen LogP contribution in [0, 0.1) is 11.3 Å². The average Bonchev–Trinajstić information content (AvgIpc) is 3.10. The number of nitriles is 1. The van der Waals surface area contributed by atoms with E-state index in [1.165, 1.54) is 15.9 Å². The molecule has 1 aliphatic heterocycles. The van der Waals surface area contributed by atoms with E-state index in [2.05, 4.69) is 10.1 Å². The van der Waals surface area contributed by atoms with Gasteiger partial charge in [-0.2, -0.15) is 10.4 Å². The van der Waals surface area contributed by atoms with Crippen molar-refractivity contribution in [1.82, 2.24) is 19.7 Å². The van der Waals surface area contributed by atoms with E-state index in [1.807, 2.05) is 6.07 Å². The number of amides is 2. The first-order chi connectivity index (χ1) is 10.6. The summed E-state index contributed by atoms with van der Waals surface area (Å²) in [6.45, 7) is 2.14. The number of imide groups is 1. The van der Waals surface area contributed by atoms with Crippen LogP contribution in [0.4, 0.5) is 0 Å². The van der Waals surface area contributed by atoms with Gasteiger partial charge in [0.15, 0.2) is 5.82 Å². The number of aryl methyl sites for hydroxylation is 1. The van der Waals surface area contributed by atoms with Crippen molar-refractivity contribution < 1.29 is 9.59 Å².